The lowest BCUT2D eigenvalue weighted by atomic mass is 10.1. The molecule has 0 fully saturated rings. The number of halogens is 3. The van der Waals surface area contributed by atoms with Gasteiger partial charge in [-0.15, -0.1) is 0 Å². The summed E-state index contributed by atoms with van der Waals surface area (Å²) in [5, 5.41) is 3.75. The highest BCUT2D eigenvalue weighted by molar-refractivity contribution is 9.10. The van der Waals surface area contributed by atoms with Crippen molar-refractivity contribution in [3.8, 4) is 11.3 Å². The van der Waals surface area contributed by atoms with Crippen LogP contribution in [0.3, 0.4) is 0 Å². The SMILES string of the molecule is Cc1onc(-c2ccc(F)c(F)c2)c1Br. The zero-order valence-electron chi connectivity index (χ0n) is 7.72. The van der Waals surface area contributed by atoms with E-state index in [1.807, 2.05) is 0 Å². The van der Waals surface area contributed by atoms with E-state index in [9.17, 15) is 8.78 Å². The molecule has 1 aromatic heterocycles. The quantitative estimate of drug-likeness (QED) is 0.792. The molecule has 2 nitrogen and oxygen atoms in total. The molecule has 0 unspecified atom stereocenters. The van der Waals surface area contributed by atoms with Gasteiger partial charge in [-0.25, -0.2) is 8.78 Å². The monoisotopic (exact) mass is 273 g/mol. The van der Waals surface area contributed by atoms with Crippen LogP contribution in [-0.2, 0) is 0 Å². The first-order valence-corrected chi connectivity index (χ1v) is 4.96. The summed E-state index contributed by atoms with van der Waals surface area (Å²) in [7, 11) is 0. The molecule has 1 heterocycles. The van der Waals surface area contributed by atoms with Gasteiger partial charge in [0, 0.05) is 5.56 Å². The summed E-state index contributed by atoms with van der Waals surface area (Å²) < 4.78 is 31.2. The van der Waals surface area contributed by atoms with Gasteiger partial charge < -0.3 is 4.52 Å². The second kappa shape index (κ2) is 3.73. The van der Waals surface area contributed by atoms with Gasteiger partial charge in [0.2, 0.25) is 0 Å². The molecule has 2 rings (SSSR count). The summed E-state index contributed by atoms with van der Waals surface area (Å²) in [5.41, 5.74) is 0.934. The minimum atomic E-state index is -0.903. The van der Waals surface area contributed by atoms with Crippen LogP contribution in [0, 0.1) is 18.6 Å². The molecule has 0 aliphatic carbocycles. The van der Waals surface area contributed by atoms with Gasteiger partial charge in [0.15, 0.2) is 11.6 Å². The molecule has 0 N–H and O–H groups in total. The zero-order valence-corrected chi connectivity index (χ0v) is 9.31. The van der Waals surface area contributed by atoms with Crippen molar-refractivity contribution in [2.24, 2.45) is 0 Å². The van der Waals surface area contributed by atoms with Crippen LogP contribution in [0.5, 0.6) is 0 Å². The van der Waals surface area contributed by atoms with E-state index in [1.165, 1.54) is 6.07 Å². The Morgan fingerprint density at radius 1 is 1.27 bits per heavy atom. The van der Waals surface area contributed by atoms with E-state index in [4.69, 9.17) is 4.52 Å². The fraction of sp³-hybridized carbons (Fsp3) is 0.100. The Kier molecular flexibility index (Phi) is 2.56. The van der Waals surface area contributed by atoms with Crippen molar-refractivity contribution in [3.05, 3.63) is 40.1 Å². The first kappa shape index (κ1) is 10.3. The van der Waals surface area contributed by atoms with Crippen molar-refractivity contribution in [1.82, 2.24) is 5.16 Å². The molecule has 0 atom stereocenters. The molecule has 0 saturated carbocycles. The predicted octanol–water partition coefficient (Wildman–Crippen LogP) is 3.69. The molecule has 0 saturated heterocycles. The molecule has 2 aromatic rings. The second-order valence-electron chi connectivity index (χ2n) is 3.03. The molecular formula is C10H6BrF2NO. The lowest BCUT2D eigenvalue weighted by molar-refractivity contribution is 0.399. The number of hydrogen-bond acceptors (Lipinski definition) is 2. The number of aryl methyl sites for hydroxylation is 1. The van der Waals surface area contributed by atoms with E-state index in [1.54, 1.807) is 6.92 Å². The van der Waals surface area contributed by atoms with E-state index in [-0.39, 0.29) is 0 Å². The molecule has 15 heavy (non-hydrogen) atoms. The van der Waals surface area contributed by atoms with Gasteiger partial charge in [-0.3, -0.25) is 0 Å². The molecule has 78 valence electrons. The van der Waals surface area contributed by atoms with E-state index in [0.717, 1.165) is 12.1 Å². The average Bonchev–Trinajstić information content (AvgIpc) is 2.53. The summed E-state index contributed by atoms with van der Waals surface area (Å²) in [6.07, 6.45) is 0. The lowest BCUT2D eigenvalue weighted by Crippen LogP contribution is -1.85. The van der Waals surface area contributed by atoms with Crippen LogP contribution >= 0.6 is 15.9 Å². The Morgan fingerprint density at radius 2 is 2.00 bits per heavy atom. The Balaban J connectivity index is 2.55. The van der Waals surface area contributed by atoms with Gasteiger partial charge in [-0.05, 0) is 41.1 Å². The van der Waals surface area contributed by atoms with Gasteiger partial charge >= 0.3 is 0 Å². The van der Waals surface area contributed by atoms with Crippen molar-refractivity contribution in [3.63, 3.8) is 0 Å². The summed E-state index contributed by atoms with van der Waals surface area (Å²) in [6.45, 7) is 1.72. The smallest absolute Gasteiger partial charge is 0.159 e. The summed E-state index contributed by atoms with van der Waals surface area (Å²) >= 11 is 3.26. The van der Waals surface area contributed by atoms with Crippen LogP contribution in [0.25, 0.3) is 11.3 Å². The Hall–Kier alpha value is -1.23. The molecule has 5 heteroatoms. The standard InChI is InChI=1S/C10H6BrF2NO/c1-5-9(11)10(14-15-5)6-2-3-7(12)8(13)4-6/h2-4H,1H3. The predicted molar refractivity (Wildman–Crippen MR) is 54.3 cm³/mol. The molecule has 0 amide bonds. The molecule has 0 aliphatic heterocycles. The van der Waals surface area contributed by atoms with Crippen LogP contribution in [0.2, 0.25) is 0 Å². The van der Waals surface area contributed by atoms with Crippen molar-refractivity contribution in [2.45, 2.75) is 6.92 Å². The topological polar surface area (TPSA) is 26.0 Å². The van der Waals surface area contributed by atoms with E-state index in [0.29, 0.717) is 21.5 Å². The molecule has 0 spiro atoms. The van der Waals surface area contributed by atoms with Crippen molar-refractivity contribution >= 4 is 15.9 Å². The summed E-state index contributed by atoms with van der Waals surface area (Å²) in [6, 6.07) is 3.58. The molecule has 0 aliphatic rings. The third kappa shape index (κ3) is 1.79. The van der Waals surface area contributed by atoms with E-state index < -0.39 is 11.6 Å². The second-order valence-corrected chi connectivity index (χ2v) is 3.82. The Morgan fingerprint density at radius 3 is 2.53 bits per heavy atom. The first-order valence-electron chi connectivity index (χ1n) is 4.17. The van der Waals surface area contributed by atoms with Crippen LogP contribution in [0.15, 0.2) is 27.2 Å². The molecular weight excluding hydrogens is 268 g/mol. The Bertz CT molecular complexity index is 510. The van der Waals surface area contributed by atoms with Crippen LogP contribution in [-0.4, -0.2) is 5.16 Å². The van der Waals surface area contributed by atoms with Crippen LogP contribution in [0.1, 0.15) is 5.76 Å². The number of rotatable bonds is 1. The fourth-order valence-electron chi connectivity index (χ4n) is 1.18. The third-order valence-corrected chi connectivity index (χ3v) is 2.92. The van der Waals surface area contributed by atoms with Gasteiger partial charge in [0.1, 0.15) is 11.5 Å². The van der Waals surface area contributed by atoms with Crippen molar-refractivity contribution < 1.29 is 13.3 Å². The highest BCUT2D eigenvalue weighted by Crippen LogP contribution is 2.30. The maximum absolute atomic E-state index is 13.0. The Labute approximate surface area is 93.0 Å². The van der Waals surface area contributed by atoms with Crippen molar-refractivity contribution in [2.75, 3.05) is 0 Å². The highest BCUT2D eigenvalue weighted by Gasteiger charge is 2.13. The summed E-state index contributed by atoms with van der Waals surface area (Å²) in [5.74, 6) is -1.19. The maximum atomic E-state index is 13.0. The van der Waals surface area contributed by atoms with Crippen molar-refractivity contribution in [1.29, 1.82) is 0 Å². The largest absolute Gasteiger partial charge is 0.360 e. The van der Waals surface area contributed by atoms with Crippen LogP contribution < -0.4 is 0 Å². The summed E-state index contributed by atoms with van der Waals surface area (Å²) in [4.78, 5) is 0. The minimum Gasteiger partial charge on any atom is -0.360 e. The fourth-order valence-corrected chi connectivity index (χ4v) is 1.56. The number of aromatic nitrogens is 1. The van der Waals surface area contributed by atoms with Gasteiger partial charge in [0.05, 0.1) is 4.47 Å². The number of hydrogen-bond donors (Lipinski definition) is 0. The van der Waals surface area contributed by atoms with Gasteiger partial charge in [-0.1, -0.05) is 5.16 Å². The normalized spacial score (nSPS) is 10.7. The molecule has 0 bridgehead atoms. The number of benzene rings is 1. The lowest BCUT2D eigenvalue weighted by Gasteiger charge is -1.97. The van der Waals surface area contributed by atoms with E-state index >= 15 is 0 Å². The molecule has 0 radical (unpaired) electrons. The first-order chi connectivity index (χ1) is 7.09. The zero-order chi connectivity index (χ0) is 11.0. The maximum Gasteiger partial charge on any atom is 0.159 e. The minimum absolute atomic E-state index is 0.464. The van der Waals surface area contributed by atoms with Crippen LogP contribution in [0.4, 0.5) is 8.78 Å². The third-order valence-electron chi connectivity index (χ3n) is 1.98. The highest BCUT2D eigenvalue weighted by atomic mass is 79.9. The van der Waals surface area contributed by atoms with E-state index in [2.05, 4.69) is 21.1 Å². The molecule has 1 aromatic carbocycles. The van der Waals surface area contributed by atoms with Gasteiger partial charge in [0.25, 0.3) is 0 Å². The average molecular weight is 274 g/mol. The van der Waals surface area contributed by atoms with Gasteiger partial charge in [-0.2, -0.15) is 0 Å². The number of nitrogens with zero attached hydrogens (tertiary/aromatic N) is 1.